The third-order valence-electron chi connectivity index (χ3n) is 6.56. The van der Waals surface area contributed by atoms with Gasteiger partial charge in [0, 0.05) is 18.8 Å². The molecular formula is C22H27NO2. The molecule has 0 radical (unpaired) electrons. The Morgan fingerprint density at radius 3 is 1.84 bits per heavy atom. The Morgan fingerprint density at radius 1 is 0.920 bits per heavy atom. The molecule has 25 heavy (non-hydrogen) atoms. The Bertz CT molecular complexity index is 732. The summed E-state index contributed by atoms with van der Waals surface area (Å²) in [4.78, 5) is 0. The van der Waals surface area contributed by atoms with E-state index in [1.54, 1.807) is 0 Å². The van der Waals surface area contributed by atoms with Gasteiger partial charge in [-0.1, -0.05) is 48.5 Å². The van der Waals surface area contributed by atoms with Gasteiger partial charge in [0.05, 0.1) is 19.6 Å². The van der Waals surface area contributed by atoms with Gasteiger partial charge in [-0.2, -0.15) is 0 Å². The minimum atomic E-state index is -1.10. The zero-order valence-corrected chi connectivity index (χ0v) is 15.1. The second-order valence-corrected chi connectivity index (χ2v) is 8.03. The van der Waals surface area contributed by atoms with E-state index in [9.17, 15) is 10.3 Å². The Morgan fingerprint density at radius 2 is 1.40 bits per heavy atom. The number of quaternary nitrogens is 1. The fourth-order valence-electron chi connectivity index (χ4n) is 5.17. The van der Waals surface area contributed by atoms with Crippen molar-refractivity contribution >= 4 is 0 Å². The van der Waals surface area contributed by atoms with Crippen molar-refractivity contribution in [1.82, 2.24) is 0 Å². The van der Waals surface area contributed by atoms with Crippen molar-refractivity contribution in [2.75, 3.05) is 19.6 Å². The maximum Gasteiger partial charge on any atom is 0.124 e. The monoisotopic (exact) mass is 337 g/mol. The van der Waals surface area contributed by atoms with Crippen LogP contribution in [0.4, 0.5) is 0 Å². The van der Waals surface area contributed by atoms with Gasteiger partial charge in [0.1, 0.15) is 5.60 Å². The predicted molar refractivity (Wildman–Crippen MR) is 99.8 cm³/mol. The second-order valence-electron chi connectivity index (χ2n) is 8.03. The molecule has 3 fully saturated rings. The Balaban J connectivity index is 1.91. The molecule has 0 aliphatic carbocycles. The second kappa shape index (κ2) is 5.94. The summed E-state index contributed by atoms with van der Waals surface area (Å²) in [6.45, 7) is 6.05. The average Bonchev–Trinajstić information content (AvgIpc) is 2.62. The van der Waals surface area contributed by atoms with Crippen LogP contribution in [0.3, 0.4) is 0 Å². The van der Waals surface area contributed by atoms with E-state index in [0.29, 0.717) is 25.6 Å². The summed E-state index contributed by atoms with van der Waals surface area (Å²) in [5.41, 5.74) is 2.98. The van der Waals surface area contributed by atoms with Crippen LogP contribution >= 0.6 is 0 Å². The smallest absolute Gasteiger partial charge is 0.124 e. The number of benzene rings is 2. The van der Waals surface area contributed by atoms with Crippen LogP contribution in [-0.4, -0.2) is 29.4 Å². The maximum absolute atomic E-state index is 13.0. The molecule has 3 saturated heterocycles. The summed E-state index contributed by atoms with van der Waals surface area (Å²) in [6, 6.07) is 16.2. The number of aryl methyl sites for hydroxylation is 2. The Hall–Kier alpha value is -1.68. The maximum atomic E-state index is 13.0. The molecule has 3 nitrogen and oxygen atoms in total. The number of aliphatic hydroxyl groups is 1. The van der Waals surface area contributed by atoms with Crippen molar-refractivity contribution in [3.63, 3.8) is 0 Å². The number of hydroxylamine groups is 3. The fourth-order valence-corrected chi connectivity index (χ4v) is 5.17. The first-order valence-electron chi connectivity index (χ1n) is 9.36. The molecule has 1 atom stereocenters. The van der Waals surface area contributed by atoms with E-state index in [0.717, 1.165) is 35.1 Å². The normalized spacial score (nSPS) is 29.0. The predicted octanol–water partition coefficient (Wildman–Crippen LogP) is 3.89. The summed E-state index contributed by atoms with van der Waals surface area (Å²) in [5, 5.41) is 25.3. The molecule has 2 aromatic rings. The highest BCUT2D eigenvalue weighted by molar-refractivity contribution is 5.45. The molecule has 3 aliphatic heterocycles. The zero-order chi connectivity index (χ0) is 17.7. The molecule has 1 unspecified atom stereocenters. The van der Waals surface area contributed by atoms with Crippen molar-refractivity contribution in [3.05, 3.63) is 76.0 Å². The molecule has 2 aromatic carbocycles. The molecule has 3 heteroatoms. The van der Waals surface area contributed by atoms with Gasteiger partial charge < -0.3 is 15.0 Å². The van der Waals surface area contributed by atoms with E-state index in [4.69, 9.17) is 0 Å². The molecule has 5 rings (SSSR count). The topological polar surface area (TPSA) is 43.3 Å². The fraction of sp³-hybridized carbons (Fsp3) is 0.455. The largest absolute Gasteiger partial charge is 0.633 e. The van der Waals surface area contributed by atoms with Crippen LogP contribution < -0.4 is 0 Å². The van der Waals surface area contributed by atoms with E-state index >= 15 is 0 Å². The lowest BCUT2D eigenvalue weighted by atomic mass is 9.64. The van der Waals surface area contributed by atoms with E-state index in [2.05, 4.69) is 26.0 Å². The van der Waals surface area contributed by atoms with Crippen molar-refractivity contribution in [2.45, 2.75) is 32.3 Å². The first-order valence-corrected chi connectivity index (χ1v) is 9.36. The van der Waals surface area contributed by atoms with Gasteiger partial charge in [-0.3, -0.25) is 0 Å². The molecular weight excluding hydrogens is 310 g/mol. The van der Waals surface area contributed by atoms with E-state index in [-0.39, 0.29) is 10.6 Å². The van der Waals surface area contributed by atoms with Gasteiger partial charge in [-0.05, 0) is 42.0 Å². The van der Waals surface area contributed by atoms with Gasteiger partial charge in [0.15, 0.2) is 0 Å². The van der Waals surface area contributed by atoms with Gasteiger partial charge in [-0.15, -0.1) is 0 Å². The van der Waals surface area contributed by atoms with Crippen molar-refractivity contribution < 1.29 is 9.75 Å². The molecule has 0 amide bonds. The van der Waals surface area contributed by atoms with Crippen LogP contribution in [0.5, 0.6) is 0 Å². The van der Waals surface area contributed by atoms with Crippen LogP contribution in [0.15, 0.2) is 48.5 Å². The minimum absolute atomic E-state index is 0.0327. The van der Waals surface area contributed by atoms with Gasteiger partial charge in [0.2, 0.25) is 0 Å². The van der Waals surface area contributed by atoms with E-state index < -0.39 is 5.60 Å². The molecule has 2 bridgehead atoms. The van der Waals surface area contributed by atoms with Crippen molar-refractivity contribution in [2.24, 2.45) is 11.8 Å². The number of fused-ring (bicyclic) bond motifs is 3. The highest BCUT2D eigenvalue weighted by Gasteiger charge is 2.53. The summed E-state index contributed by atoms with van der Waals surface area (Å²) >= 11 is 0. The van der Waals surface area contributed by atoms with E-state index in [1.165, 1.54) is 0 Å². The van der Waals surface area contributed by atoms with Crippen LogP contribution in [0.25, 0.3) is 0 Å². The van der Waals surface area contributed by atoms with Crippen LogP contribution in [-0.2, 0) is 5.60 Å². The lowest BCUT2D eigenvalue weighted by Crippen LogP contribution is -2.63. The Kier molecular flexibility index (Phi) is 3.99. The number of rotatable bonds is 3. The molecule has 3 heterocycles. The number of hydrogen-bond donors (Lipinski definition) is 1. The summed E-state index contributed by atoms with van der Waals surface area (Å²) < 4.78 is -0.138. The van der Waals surface area contributed by atoms with Gasteiger partial charge in [0.25, 0.3) is 0 Å². The molecule has 3 aliphatic rings. The first-order chi connectivity index (χ1) is 11.9. The average molecular weight is 337 g/mol. The van der Waals surface area contributed by atoms with Crippen LogP contribution in [0.1, 0.15) is 35.1 Å². The third kappa shape index (κ3) is 2.62. The van der Waals surface area contributed by atoms with Gasteiger partial charge in [-0.25, -0.2) is 0 Å². The summed E-state index contributed by atoms with van der Waals surface area (Å²) in [5.74, 6) is 0.382. The SMILES string of the molecule is Cc1ccccc1C(O)(c1ccccc1C)C1C[N+]2([O-])CCC1CC2. The molecule has 0 saturated carbocycles. The highest BCUT2D eigenvalue weighted by Crippen LogP contribution is 2.50. The lowest BCUT2D eigenvalue weighted by Gasteiger charge is -2.59. The minimum Gasteiger partial charge on any atom is -0.633 e. The standard InChI is InChI=1S/C22H27NO2/c1-16-7-3-5-9-19(16)22(24,20-10-6-4-8-17(20)2)21-15-23(25)13-11-18(21)12-14-23/h3-10,18,21,24H,11-15H2,1-2H3. The number of hydrogen-bond acceptors (Lipinski definition) is 2. The zero-order valence-electron chi connectivity index (χ0n) is 15.1. The third-order valence-corrected chi connectivity index (χ3v) is 6.56. The number of piperidine rings is 3. The molecule has 0 spiro atoms. The van der Waals surface area contributed by atoms with Crippen molar-refractivity contribution in [3.8, 4) is 0 Å². The molecule has 1 N–H and O–H groups in total. The highest BCUT2D eigenvalue weighted by atomic mass is 16.5. The van der Waals surface area contributed by atoms with Crippen LogP contribution in [0.2, 0.25) is 0 Å². The Labute approximate surface area is 150 Å². The first kappa shape index (κ1) is 16.8. The van der Waals surface area contributed by atoms with Crippen LogP contribution in [0, 0.1) is 30.9 Å². The summed E-state index contributed by atoms with van der Waals surface area (Å²) in [7, 11) is 0. The number of nitrogens with zero attached hydrogens (tertiary/aromatic N) is 1. The summed E-state index contributed by atoms with van der Waals surface area (Å²) in [6.07, 6.45) is 1.85. The van der Waals surface area contributed by atoms with Crippen molar-refractivity contribution in [1.29, 1.82) is 0 Å². The quantitative estimate of drug-likeness (QED) is 0.682. The van der Waals surface area contributed by atoms with Gasteiger partial charge >= 0.3 is 0 Å². The lowest BCUT2D eigenvalue weighted by molar-refractivity contribution is -0.903. The molecule has 0 aromatic heterocycles. The van der Waals surface area contributed by atoms with E-state index in [1.807, 2.05) is 36.4 Å². The molecule has 132 valence electrons.